The summed E-state index contributed by atoms with van der Waals surface area (Å²) in [6.07, 6.45) is 1.64. The first-order chi connectivity index (χ1) is 9.17. The third-order valence-electron chi connectivity index (χ3n) is 3.37. The van der Waals surface area contributed by atoms with Crippen LogP contribution in [-0.2, 0) is 4.74 Å². The number of halogens is 2. The van der Waals surface area contributed by atoms with Gasteiger partial charge in [-0.05, 0) is 25.1 Å². The first-order valence-corrected chi connectivity index (χ1v) is 6.92. The van der Waals surface area contributed by atoms with Gasteiger partial charge in [-0.1, -0.05) is 24.6 Å². The number of rotatable bonds is 6. The maximum absolute atomic E-state index is 13.6. The minimum atomic E-state index is -0.438. The highest BCUT2D eigenvalue weighted by atomic mass is 35.5. The van der Waals surface area contributed by atoms with Crippen LogP contribution in [0.25, 0.3) is 0 Å². The zero-order valence-corrected chi connectivity index (χ0v) is 11.9. The maximum atomic E-state index is 13.6. The Labute approximate surface area is 118 Å². The summed E-state index contributed by atoms with van der Waals surface area (Å²) in [6.45, 7) is 3.05. The van der Waals surface area contributed by atoms with Gasteiger partial charge in [0.25, 0.3) is 0 Å². The smallest absolute Gasteiger partial charge is 0.174 e. The van der Waals surface area contributed by atoms with Crippen LogP contribution in [0.2, 0.25) is 5.02 Å². The van der Waals surface area contributed by atoms with E-state index in [1.165, 1.54) is 6.07 Å². The number of benzene rings is 1. The molecule has 0 bridgehead atoms. The summed E-state index contributed by atoms with van der Waals surface area (Å²) >= 11 is 5.94. The lowest BCUT2D eigenvalue weighted by Crippen LogP contribution is -2.61. The van der Waals surface area contributed by atoms with Crippen LogP contribution < -0.4 is 10.1 Å². The number of hydrogen-bond acceptors (Lipinski definition) is 3. The topological polar surface area (TPSA) is 30.5 Å². The lowest BCUT2D eigenvalue weighted by atomic mass is 9.85. The Morgan fingerprint density at radius 3 is 2.89 bits per heavy atom. The van der Waals surface area contributed by atoms with E-state index in [0.29, 0.717) is 5.02 Å². The standard InChI is InChI=1S/C14H19ClFNO2/c1-3-7-17-11-8-12(14(11)18-2)19-13-9(15)5-4-6-10(13)16/h4-6,11-12,14,17H,3,7-8H2,1-2H3. The molecule has 1 fully saturated rings. The number of para-hydroxylation sites is 1. The molecular formula is C14H19ClFNO2. The van der Waals surface area contributed by atoms with Gasteiger partial charge < -0.3 is 14.8 Å². The van der Waals surface area contributed by atoms with E-state index in [1.54, 1.807) is 19.2 Å². The van der Waals surface area contributed by atoms with Crippen molar-refractivity contribution in [3.8, 4) is 5.75 Å². The fourth-order valence-corrected chi connectivity index (χ4v) is 2.50. The van der Waals surface area contributed by atoms with Gasteiger partial charge in [0.05, 0.1) is 5.02 Å². The summed E-state index contributed by atoms with van der Waals surface area (Å²) < 4.78 is 24.7. The molecule has 3 atom stereocenters. The second-order valence-corrected chi connectivity index (χ2v) is 5.11. The fourth-order valence-electron chi connectivity index (χ4n) is 2.29. The molecule has 0 saturated heterocycles. The normalized spacial score (nSPS) is 26.0. The SMILES string of the molecule is CCCNC1CC(Oc2c(F)cccc2Cl)C1OC. The van der Waals surface area contributed by atoms with E-state index in [4.69, 9.17) is 21.1 Å². The lowest BCUT2D eigenvalue weighted by molar-refractivity contribution is -0.0897. The molecule has 106 valence electrons. The Hall–Kier alpha value is -0.840. The molecule has 1 aromatic carbocycles. The lowest BCUT2D eigenvalue weighted by Gasteiger charge is -2.43. The van der Waals surface area contributed by atoms with E-state index < -0.39 is 5.82 Å². The molecule has 0 heterocycles. The van der Waals surface area contributed by atoms with E-state index >= 15 is 0 Å². The summed E-state index contributed by atoms with van der Waals surface area (Å²) in [5.41, 5.74) is 0. The Bertz CT molecular complexity index is 410. The second kappa shape index (κ2) is 6.55. The third kappa shape index (κ3) is 3.19. The van der Waals surface area contributed by atoms with Crippen molar-refractivity contribution in [3.63, 3.8) is 0 Å². The van der Waals surface area contributed by atoms with Crippen molar-refractivity contribution in [2.24, 2.45) is 0 Å². The van der Waals surface area contributed by atoms with Crippen LogP contribution in [0.15, 0.2) is 18.2 Å². The largest absolute Gasteiger partial charge is 0.483 e. The van der Waals surface area contributed by atoms with Gasteiger partial charge in [0.15, 0.2) is 11.6 Å². The van der Waals surface area contributed by atoms with Crippen molar-refractivity contribution >= 4 is 11.6 Å². The molecule has 2 rings (SSSR count). The van der Waals surface area contributed by atoms with Crippen molar-refractivity contribution < 1.29 is 13.9 Å². The van der Waals surface area contributed by atoms with Gasteiger partial charge in [-0.2, -0.15) is 0 Å². The van der Waals surface area contributed by atoms with E-state index in [-0.39, 0.29) is 24.0 Å². The predicted molar refractivity (Wildman–Crippen MR) is 73.3 cm³/mol. The third-order valence-corrected chi connectivity index (χ3v) is 3.66. The van der Waals surface area contributed by atoms with Crippen molar-refractivity contribution in [2.75, 3.05) is 13.7 Å². The molecule has 19 heavy (non-hydrogen) atoms. The molecule has 5 heteroatoms. The molecule has 1 N–H and O–H groups in total. The minimum absolute atomic E-state index is 0.0674. The quantitative estimate of drug-likeness (QED) is 0.872. The highest BCUT2D eigenvalue weighted by Gasteiger charge is 2.43. The first kappa shape index (κ1) is 14.6. The molecule has 0 aliphatic heterocycles. The van der Waals surface area contributed by atoms with Gasteiger partial charge in [0, 0.05) is 19.6 Å². The summed E-state index contributed by atoms with van der Waals surface area (Å²) in [5.74, 6) is -0.322. The summed E-state index contributed by atoms with van der Waals surface area (Å²) in [4.78, 5) is 0. The number of nitrogens with one attached hydrogen (secondary N) is 1. The molecular weight excluding hydrogens is 269 g/mol. The first-order valence-electron chi connectivity index (χ1n) is 6.54. The molecule has 1 aliphatic carbocycles. The van der Waals surface area contributed by atoms with Crippen LogP contribution in [0.5, 0.6) is 5.75 Å². The van der Waals surface area contributed by atoms with Crippen LogP contribution in [0, 0.1) is 5.82 Å². The van der Waals surface area contributed by atoms with Crippen molar-refractivity contribution in [1.29, 1.82) is 0 Å². The van der Waals surface area contributed by atoms with E-state index in [9.17, 15) is 4.39 Å². The molecule has 3 nitrogen and oxygen atoms in total. The monoisotopic (exact) mass is 287 g/mol. The van der Waals surface area contributed by atoms with Crippen LogP contribution in [-0.4, -0.2) is 31.9 Å². The van der Waals surface area contributed by atoms with E-state index in [2.05, 4.69) is 12.2 Å². The van der Waals surface area contributed by atoms with Crippen LogP contribution in [0.4, 0.5) is 4.39 Å². The zero-order chi connectivity index (χ0) is 13.8. The van der Waals surface area contributed by atoms with Gasteiger partial charge in [0.1, 0.15) is 12.2 Å². The van der Waals surface area contributed by atoms with E-state index in [0.717, 1.165) is 19.4 Å². The minimum Gasteiger partial charge on any atom is -0.483 e. The van der Waals surface area contributed by atoms with Gasteiger partial charge >= 0.3 is 0 Å². The molecule has 1 aromatic rings. The summed E-state index contributed by atoms with van der Waals surface area (Å²) in [7, 11) is 1.64. The average Bonchev–Trinajstić information content (AvgIpc) is 2.36. The number of ether oxygens (including phenoxy) is 2. The van der Waals surface area contributed by atoms with Crippen LogP contribution in [0.3, 0.4) is 0 Å². The molecule has 0 amide bonds. The summed E-state index contributed by atoms with van der Waals surface area (Å²) in [6, 6.07) is 4.78. The average molecular weight is 288 g/mol. The van der Waals surface area contributed by atoms with Crippen molar-refractivity contribution in [2.45, 2.75) is 38.0 Å². The van der Waals surface area contributed by atoms with Crippen molar-refractivity contribution in [3.05, 3.63) is 29.0 Å². The Morgan fingerprint density at radius 1 is 1.47 bits per heavy atom. The maximum Gasteiger partial charge on any atom is 0.174 e. The van der Waals surface area contributed by atoms with Crippen LogP contribution >= 0.6 is 11.6 Å². The van der Waals surface area contributed by atoms with Crippen molar-refractivity contribution in [1.82, 2.24) is 5.32 Å². The number of methoxy groups -OCH3 is 1. The molecule has 1 saturated carbocycles. The molecule has 3 unspecified atom stereocenters. The predicted octanol–water partition coefficient (Wildman–Crippen LogP) is 3.01. The van der Waals surface area contributed by atoms with Gasteiger partial charge in [-0.25, -0.2) is 4.39 Å². The van der Waals surface area contributed by atoms with Crippen LogP contribution in [0.1, 0.15) is 19.8 Å². The molecule has 1 aliphatic rings. The van der Waals surface area contributed by atoms with Gasteiger partial charge in [-0.3, -0.25) is 0 Å². The molecule has 0 aromatic heterocycles. The second-order valence-electron chi connectivity index (χ2n) is 4.70. The highest BCUT2D eigenvalue weighted by Crippen LogP contribution is 2.34. The fraction of sp³-hybridized carbons (Fsp3) is 0.571. The van der Waals surface area contributed by atoms with E-state index in [1.807, 2.05) is 0 Å². The highest BCUT2D eigenvalue weighted by molar-refractivity contribution is 6.32. The Balaban J connectivity index is 1.97. The molecule has 0 spiro atoms. The number of hydrogen-bond donors (Lipinski definition) is 1. The van der Waals surface area contributed by atoms with Gasteiger partial charge in [-0.15, -0.1) is 0 Å². The Morgan fingerprint density at radius 2 is 2.26 bits per heavy atom. The van der Waals surface area contributed by atoms with Gasteiger partial charge in [0.2, 0.25) is 0 Å². The Kier molecular flexibility index (Phi) is 5.02. The summed E-state index contributed by atoms with van der Waals surface area (Å²) in [5, 5.41) is 3.67. The zero-order valence-electron chi connectivity index (χ0n) is 11.2. The molecule has 0 radical (unpaired) electrons.